The van der Waals surface area contributed by atoms with Gasteiger partial charge in [-0.25, -0.2) is 0 Å². The van der Waals surface area contributed by atoms with E-state index in [1.165, 1.54) is 0 Å². The van der Waals surface area contributed by atoms with Crippen molar-refractivity contribution in [3.8, 4) is 0 Å². The molecule has 3 aromatic rings. The summed E-state index contributed by atoms with van der Waals surface area (Å²) >= 11 is 12.4. The van der Waals surface area contributed by atoms with Crippen molar-refractivity contribution in [2.45, 2.75) is 19.5 Å². The fraction of sp³-hybridized carbons (Fsp3) is 0.136. The van der Waals surface area contributed by atoms with Crippen LogP contribution in [-0.2, 0) is 11.3 Å². The van der Waals surface area contributed by atoms with E-state index in [0.717, 1.165) is 16.7 Å². The van der Waals surface area contributed by atoms with Gasteiger partial charge in [-0.2, -0.15) is 0 Å². The number of anilines is 1. The van der Waals surface area contributed by atoms with Gasteiger partial charge in [-0.1, -0.05) is 77.8 Å². The fourth-order valence-electron chi connectivity index (χ4n) is 2.75. The predicted octanol–water partition coefficient (Wildman–Crippen LogP) is 5.77. The molecule has 5 heteroatoms. The number of hydrogen-bond donors (Lipinski definition) is 2. The molecule has 0 bridgehead atoms. The van der Waals surface area contributed by atoms with Crippen molar-refractivity contribution in [3.05, 3.63) is 99.5 Å². The summed E-state index contributed by atoms with van der Waals surface area (Å²) in [6.07, 6.45) is 0. The second-order valence-corrected chi connectivity index (χ2v) is 7.08. The Hall–Kier alpha value is -2.33. The molecule has 1 atom stereocenters. The summed E-state index contributed by atoms with van der Waals surface area (Å²) < 4.78 is 0. The van der Waals surface area contributed by atoms with E-state index < -0.39 is 6.04 Å². The first kappa shape index (κ1) is 19.4. The molecule has 0 aliphatic rings. The maximum atomic E-state index is 13.0. The van der Waals surface area contributed by atoms with Crippen LogP contribution in [0.15, 0.2) is 72.8 Å². The minimum absolute atomic E-state index is 0.159. The van der Waals surface area contributed by atoms with Gasteiger partial charge in [0.05, 0.1) is 0 Å². The Morgan fingerprint density at radius 1 is 0.926 bits per heavy atom. The molecule has 0 aliphatic heterocycles. The van der Waals surface area contributed by atoms with Crippen molar-refractivity contribution in [2.75, 3.05) is 5.32 Å². The van der Waals surface area contributed by atoms with Crippen LogP contribution in [0.4, 0.5) is 5.69 Å². The molecule has 27 heavy (non-hydrogen) atoms. The zero-order valence-electron chi connectivity index (χ0n) is 14.9. The van der Waals surface area contributed by atoms with Gasteiger partial charge in [0.2, 0.25) is 5.91 Å². The van der Waals surface area contributed by atoms with Crippen LogP contribution < -0.4 is 10.6 Å². The Labute approximate surface area is 169 Å². The maximum Gasteiger partial charge on any atom is 0.246 e. The molecular weight excluding hydrogens is 379 g/mol. The summed E-state index contributed by atoms with van der Waals surface area (Å²) in [4.78, 5) is 13.0. The molecule has 3 nitrogen and oxygen atoms in total. The minimum Gasteiger partial charge on any atom is -0.324 e. The highest BCUT2D eigenvalue weighted by atomic mass is 35.5. The predicted molar refractivity (Wildman–Crippen MR) is 112 cm³/mol. The first-order valence-corrected chi connectivity index (χ1v) is 9.39. The van der Waals surface area contributed by atoms with E-state index in [0.29, 0.717) is 22.3 Å². The van der Waals surface area contributed by atoms with Crippen LogP contribution in [0.3, 0.4) is 0 Å². The third-order valence-electron chi connectivity index (χ3n) is 4.29. The average Bonchev–Trinajstić information content (AvgIpc) is 2.67. The molecule has 2 N–H and O–H groups in total. The van der Waals surface area contributed by atoms with Gasteiger partial charge >= 0.3 is 0 Å². The number of halogens is 2. The smallest absolute Gasteiger partial charge is 0.246 e. The fourth-order valence-corrected chi connectivity index (χ4v) is 3.13. The quantitative estimate of drug-likeness (QED) is 0.552. The molecule has 0 radical (unpaired) electrons. The van der Waals surface area contributed by atoms with Gasteiger partial charge in [-0.15, -0.1) is 0 Å². The van der Waals surface area contributed by atoms with E-state index >= 15 is 0 Å². The van der Waals surface area contributed by atoms with Crippen LogP contribution in [0.1, 0.15) is 22.7 Å². The summed E-state index contributed by atoms with van der Waals surface area (Å²) in [5.41, 5.74) is 3.44. The van der Waals surface area contributed by atoms with E-state index in [2.05, 4.69) is 10.6 Å². The lowest BCUT2D eigenvalue weighted by Gasteiger charge is -2.19. The van der Waals surface area contributed by atoms with Gasteiger partial charge in [0.1, 0.15) is 6.04 Å². The molecule has 0 aromatic heterocycles. The normalized spacial score (nSPS) is 11.8. The van der Waals surface area contributed by atoms with E-state index in [-0.39, 0.29) is 5.91 Å². The Bertz CT molecular complexity index is 929. The van der Waals surface area contributed by atoms with E-state index in [1.54, 1.807) is 6.07 Å². The highest BCUT2D eigenvalue weighted by Gasteiger charge is 2.20. The third-order valence-corrected chi connectivity index (χ3v) is 5.06. The zero-order valence-corrected chi connectivity index (χ0v) is 16.4. The van der Waals surface area contributed by atoms with E-state index in [4.69, 9.17) is 23.2 Å². The second kappa shape index (κ2) is 9.05. The number of nitrogens with one attached hydrogen (secondary N) is 2. The average molecular weight is 399 g/mol. The van der Waals surface area contributed by atoms with Crippen LogP contribution in [0.25, 0.3) is 0 Å². The minimum atomic E-state index is -0.525. The summed E-state index contributed by atoms with van der Waals surface area (Å²) in [7, 11) is 0. The molecule has 0 aliphatic carbocycles. The van der Waals surface area contributed by atoms with Gasteiger partial charge in [0.15, 0.2) is 0 Å². The molecule has 0 saturated carbocycles. The lowest BCUT2D eigenvalue weighted by molar-refractivity contribution is -0.118. The molecule has 3 rings (SSSR count). The van der Waals surface area contributed by atoms with Crippen LogP contribution in [0.5, 0.6) is 0 Å². The number of aryl methyl sites for hydroxylation is 1. The molecule has 0 saturated heterocycles. The Morgan fingerprint density at radius 2 is 1.63 bits per heavy atom. The van der Waals surface area contributed by atoms with Crippen molar-refractivity contribution in [1.82, 2.24) is 5.32 Å². The monoisotopic (exact) mass is 398 g/mol. The molecular formula is C22H20Cl2N2O. The Morgan fingerprint density at radius 3 is 2.33 bits per heavy atom. The number of amides is 1. The molecule has 1 amide bonds. The summed E-state index contributed by atoms with van der Waals surface area (Å²) in [6, 6.07) is 22.1. The lowest BCUT2D eigenvalue weighted by Crippen LogP contribution is -2.32. The zero-order chi connectivity index (χ0) is 19.2. The molecule has 138 valence electrons. The third kappa shape index (κ3) is 5.10. The highest BCUT2D eigenvalue weighted by Crippen LogP contribution is 2.23. The van der Waals surface area contributed by atoms with Gasteiger partial charge in [0, 0.05) is 22.3 Å². The Balaban J connectivity index is 1.80. The molecule has 0 fully saturated rings. The van der Waals surface area contributed by atoms with Gasteiger partial charge in [-0.3, -0.25) is 10.1 Å². The largest absolute Gasteiger partial charge is 0.324 e. The molecule has 0 heterocycles. The van der Waals surface area contributed by atoms with Crippen molar-refractivity contribution < 1.29 is 4.79 Å². The van der Waals surface area contributed by atoms with Crippen LogP contribution in [0, 0.1) is 6.92 Å². The molecule has 0 spiro atoms. The van der Waals surface area contributed by atoms with Gasteiger partial charge in [-0.05, 0) is 41.8 Å². The van der Waals surface area contributed by atoms with Crippen LogP contribution >= 0.6 is 23.2 Å². The molecule has 1 unspecified atom stereocenters. The van der Waals surface area contributed by atoms with Crippen molar-refractivity contribution in [3.63, 3.8) is 0 Å². The van der Waals surface area contributed by atoms with Crippen LogP contribution in [-0.4, -0.2) is 5.91 Å². The van der Waals surface area contributed by atoms with Gasteiger partial charge in [0.25, 0.3) is 0 Å². The van der Waals surface area contributed by atoms with Crippen molar-refractivity contribution in [2.24, 2.45) is 0 Å². The number of hydrogen-bond acceptors (Lipinski definition) is 2. The van der Waals surface area contributed by atoms with E-state index in [9.17, 15) is 4.79 Å². The summed E-state index contributed by atoms with van der Waals surface area (Å²) in [6.45, 7) is 2.40. The van der Waals surface area contributed by atoms with Gasteiger partial charge < -0.3 is 5.32 Å². The van der Waals surface area contributed by atoms with Crippen molar-refractivity contribution in [1.29, 1.82) is 0 Å². The lowest BCUT2D eigenvalue weighted by atomic mass is 10.1. The summed E-state index contributed by atoms with van der Waals surface area (Å²) in [5, 5.41) is 7.54. The number of rotatable bonds is 6. The van der Waals surface area contributed by atoms with Crippen LogP contribution in [0.2, 0.25) is 10.0 Å². The number of carbonyl (C=O) groups is 1. The van der Waals surface area contributed by atoms with E-state index in [1.807, 2.05) is 73.7 Å². The van der Waals surface area contributed by atoms with Crippen molar-refractivity contribution >= 4 is 34.8 Å². The SMILES string of the molecule is Cc1ccc(NC(=O)C(NCc2ccccc2Cl)c2ccccc2)cc1Cl. The maximum absolute atomic E-state index is 13.0. The summed E-state index contributed by atoms with van der Waals surface area (Å²) in [5.74, 6) is -0.159. The highest BCUT2D eigenvalue weighted by molar-refractivity contribution is 6.31. The Kier molecular flexibility index (Phi) is 6.51. The standard InChI is InChI=1S/C22H20Cl2N2O/c1-15-11-12-18(13-20(15)24)26-22(27)21(16-7-3-2-4-8-16)25-14-17-9-5-6-10-19(17)23/h2-13,21,25H,14H2,1H3,(H,26,27). The molecule has 3 aromatic carbocycles. The second-order valence-electron chi connectivity index (χ2n) is 6.27. The first-order chi connectivity index (χ1) is 13.0. The first-order valence-electron chi connectivity index (χ1n) is 8.63. The number of benzene rings is 3. The topological polar surface area (TPSA) is 41.1 Å². The number of carbonyl (C=O) groups excluding carboxylic acids is 1.